The normalized spacial score (nSPS) is 12.1. The smallest absolute Gasteiger partial charge is 0.374 e. The zero-order valence-corrected chi connectivity index (χ0v) is 13.4. The molecule has 7 heteroatoms. The summed E-state index contributed by atoms with van der Waals surface area (Å²) in [6.45, 7) is 5.37. The Bertz CT molecular complexity index is 288. The van der Waals surface area contributed by atoms with Crippen molar-refractivity contribution in [1.29, 1.82) is 0 Å². The summed E-state index contributed by atoms with van der Waals surface area (Å²) in [6, 6.07) is 0. The van der Waals surface area contributed by atoms with Crippen molar-refractivity contribution in [2.24, 2.45) is 5.73 Å². The highest BCUT2D eigenvalue weighted by atomic mass is 16.6. The number of carbonyl (C=O) groups excluding carboxylic acids is 2. The SMILES string of the molecule is CCOC(=O)C(=O)CCCC(CCN)OC(C)(C)O.CO. The molecule has 126 valence electrons. The minimum absolute atomic E-state index is 0.120. The third-order valence-electron chi connectivity index (χ3n) is 2.38. The lowest BCUT2D eigenvalue weighted by Gasteiger charge is -2.26. The maximum absolute atomic E-state index is 11.4. The quantitative estimate of drug-likeness (QED) is 0.303. The van der Waals surface area contributed by atoms with Crippen LogP contribution in [0.4, 0.5) is 0 Å². The summed E-state index contributed by atoms with van der Waals surface area (Å²) in [4.78, 5) is 22.5. The van der Waals surface area contributed by atoms with Crippen LogP contribution in [0, 0.1) is 0 Å². The third kappa shape index (κ3) is 13.7. The second kappa shape index (κ2) is 12.7. The van der Waals surface area contributed by atoms with Crippen molar-refractivity contribution in [3.63, 3.8) is 0 Å². The van der Waals surface area contributed by atoms with Gasteiger partial charge in [-0.3, -0.25) is 4.79 Å². The molecule has 0 rings (SSSR count). The average molecular weight is 307 g/mol. The van der Waals surface area contributed by atoms with Gasteiger partial charge in [-0.15, -0.1) is 0 Å². The fourth-order valence-corrected chi connectivity index (χ4v) is 1.66. The number of aliphatic hydroxyl groups excluding tert-OH is 1. The highest BCUT2D eigenvalue weighted by Crippen LogP contribution is 2.16. The number of esters is 1. The molecule has 0 spiro atoms. The van der Waals surface area contributed by atoms with Crippen LogP contribution in [0.1, 0.15) is 46.5 Å². The van der Waals surface area contributed by atoms with Gasteiger partial charge in [-0.05, 0) is 46.6 Å². The van der Waals surface area contributed by atoms with Crippen molar-refractivity contribution in [3.05, 3.63) is 0 Å². The number of ketones is 1. The number of ether oxygens (including phenoxy) is 2. The van der Waals surface area contributed by atoms with Crippen LogP contribution in [-0.4, -0.2) is 54.1 Å². The van der Waals surface area contributed by atoms with E-state index in [4.69, 9.17) is 15.6 Å². The number of hydrogen-bond acceptors (Lipinski definition) is 7. The summed E-state index contributed by atoms with van der Waals surface area (Å²) >= 11 is 0. The molecule has 0 fully saturated rings. The predicted octanol–water partition coefficient (Wildman–Crippen LogP) is 0.360. The van der Waals surface area contributed by atoms with Gasteiger partial charge in [0.1, 0.15) is 0 Å². The molecule has 0 radical (unpaired) electrons. The number of carbonyl (C=O) groups is 2. The predicted molar refractivity (Wildman–Crippen MR) is 78.5 cm³/mol. The van der Waals surface area contributed by atoms with Crippen LogP contribution in [0.25, 0.3) is 0 Å². The molecule has 0 aliphatic carbocycles. The van der Waals surface area contributed by atoms with Crippen molar-refractivity contribution in [3.8, 4) is 0 Å². The number of aliphatic hydroxyl groups is 2. The molecule has 0 aliphatic rings. The van der Waals surface area contributed by atoms with Gasteiger partial charge in [0.25, 0.3) is 0 Å². The molecule has 0 aromatic heterocycles. The largest absolute Gasteiger partial charge is 0.460 e. The Morgan fingerprint density at radius 2 is 1.81 bits per heavy atom. The summed E-state index contributed by atoms with van der Waals surface area (Å²) in [5.41, 5.74) is 5.46. The van der Waals surface area contributed by atoms with E-state index in [1.807, 2.05) is 0 Å². The molecular formula is C14H29NO6. The van der Waals surface area contributed by atoms with Crippen LogP contribution >= 0.6 is 0 Å². The number of nitrogens with two attached hydrogens (primary N) is 1. The maximum atomic E-state index is 11.4. The second-order valence-corrected chi connectivity index (χ2v) is 4.80. The molecule has 0 heterocycles. The van der Waals surface area contributed by atoms with E-state index in [0.717, 1.165) is 7.11 Å². The van der Waals surface area contributed by atoms with Crippen molar-refractivity contribution in [1.82, 2.24) is 0 Å². The summed E-state index contributed by atoms with van der Waals surface area (Å²) in [5.74, 6) is -2.55. The first-order valence-corrected chi connectivity index (χ1v) is 7.05. The van der Waals surface area contributed by atoms with E-state index in [2.05, 4.69) is 4.74 Å². The molecule has 0 aromatic rings. The summed E-state index contributed by atoms with van der Waals surface area (Å²) in [6.07, 6.45) is 1.55. The molecule has 0 amide bonds. The molecule has 0 aromatic carbocycles. The second-order valence-electron chi connectivity index (χ2n) is 4.80. The van der Waals surface area contributed by atoms with Gasteiger partial charge in [-0.25, -0.2) is 4.79 Å². The first-order valence-electron chi connectivity index (χ1n) is 7.05. The van der Waals surface area contributed by atoms with E-state index < -0.39 is 17.5 Å². The molecule has 0 saturated heterocycles. The molecular weight excluding hydrogens is 278 g/mol. The lowest BCUT2D eigenvalue weighted by Crippen LogP contribution is -2.31. The number of hydrogen-bond donors (Lipinski definition) is 3. The number of rotatable bonds is 10. The maximum Gasteiger partial charge on any atom is 0.374 e. The summed E-state index contributed by atoms with van der Waals surface area (Å²) < 4.78 is 10.0. The third-order valence-corrected chi connectivity index (χ3v) is 2.38. The van der Waals surface area contributed by atoms with Crippen LogP contribution in [0.15, 0.2) is 0 Å². The molecule has 1 atom stereocenters. The fraction of sp³-hybridized carbons (Fsp3) is 0.857. The van der Waals surface area contributed by atoms with Crippen molar-refractivity contribution in [2.75, 3.05) is 20.3 Å². The van der Waals surface area contributed by atoms with E-state index >= 15 is 0 Å². The van der Waals surface area contributed by atoms with Gasteiger partial charge in [0.15, 0.2) is 5.79 Å². The van der Waals surface area contributed by atoms with Crippen LogP contribution in [0.3, 0.4) is 0 Å². The van der Waals surface area contributed by atoms with E-state index in [0.29, 0.717) is 25.8 Å². The fourth-order valence-electron chi connectivity index (χ4n) is 1.66. The van der Waals surface area contributed by atoms with Gasteiger partial charge in [0.2, 0.25) is 5.78 Å². The molecule has 0 saturated carbocycles. The van der Waals surface area contributed by atoms with E-state index in [-0.39, 0.29) is 19.1 Å². The Kier molecular flexibility index (Phi) is 13.5. The molecule has 4 N–H and O–H groups in total. The van der Waals surface area contributed by atoms with Crippen molar-refractivity contribution in [2.45, 2.75) is 58.3 Å². The minimum atomic E-state index is -1.23. The highest BCUT2D eigenvalue weighted by molar-refractivity contribution is 6.33. The Morgan fingerprint density at radius 3 is 2.24 bits per heavy atom. The highest BCUT2D eigenvalue weighted by Gasteiger charge is 2.21. The number of Topliss-reactive ketones (excluding diaryl/α,β-unsaturated/α-hetero) is 1. The topological polar surface area (TPSA) is 119 Å². The molecule has 0 bridgehead atoms. The molecule has 21 heavy (non-hydrogen) atoms. The lowest BCUT2D eigenvalue weighted by molar-refractivity contribution is -0.207. The van der Waals surface area contributed by atoms with E-state index in [1.165, 1.54) is 0 Å². The first-order chi connectivity index (χ1) is 9.80. The Hall–Kier alpha value is -1.02. The first kappa shape index (κ1) is 22.3. The molecule has 0 aliphatic heterocycles. The monoisotopic (exact) mass is 307 g/mol. The van der Waals surface area contributed by atoms with Gasteiger partial charge in [-0.2, -0.15) is 0 Å². The van der Waals surface area contributed by atoms with Crippen LogP contribution in [0.5, 0.6) is 0 Å². The summed E-state index contributed by atoms with van der Waals surface area (Å²) in [5, 5.41) is 16.6. The van der Waals surface area contributed by atoms with Gasteiger partial charge >= 0.3 is 5.97 Å². The Labute approximate surface area is 126 Å². The van der Waals surface area contributed by atoms with Gasteiger partial charge < -0.3 is 25.4 Å². The zero-order chi connectivity index (χ0) is 16.9. The Balaban J connectivity index is 0. The van der Waals surface area contributed by atoms with Crippen molar-refractivity contribution >= 4 is 11.8 Å². The average Bonchev–Trinajstić information content (AvgIpc) is 2.39. The lowest BCUT2D eigenvalue weighted by atomic mass is 10.1. The van der Waals surface area contributed by atoms with Crippen LogP contribution in [-0.2, 0) is 19.1 Å². The van der Waals surface area contributed by atoms with Gasteiger partial charge in [0, 0.05) is 13.5 Å². The molecule has 1 unspecified atom stereocenters. The summed E-state index contributed by atoms with van der Waals surface area (Å²) in [7, 11) is 1.00. The molecule has 7 nitrogen and oxygen atoms in total. The van der Waals surface area contributed by atoms with Gasteiger partial charge in [0.05, 0.1) is 12.7 Å². The zero-order valence-electron chi connectivity index (χ0n) is 13.4. The Morgan fingerprint density at radius 1 is 1.24 bits per heavy atom. The van der Waals surface area contributed by atoms with Crippen LogP contribution < -0.4 is 5.73 Å². The van der Waals surface area contributed by atoms with Gasteiger partial charge in [-0.1, -0.05) is 0 Å². The van der Waals surface area contributed by atoms with E-state index in [9.17, 15) is 14.7 Å². The van der Waals surface area contributed by atoms with Crippen LogP contribution in [0.2, 0.25) is 0 Å². The standard InChI is InChI=1S/C13H25NO5.CH4O/c1-4-18-12(16)11(15)7-5-6-10(8-9-14)19-13(2,3)17;1-2/h10,17H,4-9,14H2,1-3H3;2H,1H3. The van der Waals surface area contributed by atoms with Crippen molar-refractivity contribution < 1.29 is 29.3 Å². The minimum Gasteiger partial charge on any atom is -0.460 e. The van der Waals surface area contributed by atoms with E-state index in [1.54, 1.807) is 20.8 Å².